The van der Waals surface area contributed by atoms with Gasteiger partial charge >= 0.3 is 0 Å². The average molecular weight is 213 g/mol. The van der Waals surface area contributed by atoms with Crippen LogP contribution in [0.15, 0.2) is 17.4 Å². The number of aromatic nitrogens is 2. The molecule has 0 bridgehead atoms. The molecule has 0 amide bonds. The fraction of sp³-hybridized carbons (Fsp3) is 0.250. The van der Waals surface area contributed by atoms with Crippen molar-refractivity contribution in [2.45, 2.75) is 13.8 Å². The maximum Gasteiger partial charge on any atom is 0.0847 e. The Bertz CT molecular complexity index is 264. The molecule has 0 saturated heterocycles. The molecule has 0 aliphatic rings. The van der Waals surface area contributed by atoms with Gasteiger partial charge in [0.15, 0.2) is 0 Å². The van der Waals surface area contributed by atoms with Crippen molar-refractivity contribution in [2.75, 3.05) is 0 Å². The van der Waals surface area contributed by atoms with Crippen molar-refractivity contribution < 1.29 is 0 Å². The second-order valence-corrected chi connectivity index (χ2v) is 2.79. The second-order valence-electron chi connectivity index (χ2n) is 2.34. The number of halogens is 1. The molecule has 0 aliphatic carbocycles. The van der Waals surface area contributed by atoms with E-state index in [-0.39, 0.29) is 0 Å². The zero-order valence-corrected chi connectivity index (χ0v) is 8.09. The number of nitrogens with zero attached hydrogens (tertiary/aromatic N) is 2. The molecule has 58 valence electrons. The second kappa shape index (κ2) is 3.62. The fourth-order valence-corrected chi connectivity index (χ4v) is 0.887. The maximum atomic E-state index is 4.19. The largest absolute Gasteiger partial charge is 0.258 e. The lowest BCUT2D eigenvalue weighted by Gasteiger charge is -1.97. The van der Waals surface area contributed by atoms with Gasteiger partial charge in [0.1, 0.15) is 0 Å². The third kappa shape index (κ3) is 2.12. The Morgan fingerprint density at radius 1 is 1.45 bits per heavy atom. The summed E-state index contributed by atoms with van der Waals surface area (Å²) in [5.41, 5.74) is 2.93. The van der Waals surface area contributed by atoms with Gasteiger partial charge in [-0.15, -0.1) is 0 Å². The van der Waals surface area contributed by atoms with Crippen LogP contribution in [0, 0.1) is 6.92 Å². The van der Waals surface area contributed by atoms with E-state index >= 15 is 0 Å². The molecule has 0 radical (unpaired) electrons. The highest BCUT2D eigenvalue weighted by atomic mass is 79.9. The third-order valence-electron chi connectivity index (χ3n) is 1.35. The molecule has 0 saturated carbocycles. The van der Waals surface area contributed by atoms with Crippen molar-refractivity contribution in [1.82, 2.24) is 9.97 Å². The van der Waals surface area contributed by atoms with Crippen molar-refractivity contribution in [3.63, 3.8) is 0 Å². The summed E-state index contributed by atoms with van der Waals surface area (Å²) in [6.45, 7) is 3.90. The summed E-state index contributed by atoms with van der Waals surface area (Å²) in [6, 6.07) is 0. The Labute approximate surface area is 74.5 Å². The van der Waals surface area contributed by atoms with Crippen molar-refractivity contribution in [3.05, 3.63) is 28.8 Å². The minimum atomic E-state index is 0.910. The molecule has 0 aliphatic heterocycles. The van der Waals surface area contributed by atoms with Gasteiger partial charge in [0.25, 0.3) is 0 Å². The van der Waals surface area contributed by atoms with Crippen LogP contribution >= 0.6 is 15.9 Å². The summed E-state index contributed by atoms with van der Waals surface area (Å²) in [6.07, 6.45) is 3.53. The molecule has 0 aromatic carbocycles. The summed E-state index contributed by atoms with van der Waals surface area (Å²) in [4.78, 5) is 10.2. The normalized spacial score (nSPS) is 11.7. The fourth-order valence-electron chi connectivity index (χ4n) is 0.652. The van der Waals surface area contributed by atoms with Gasteiger partial charge in [0.05, 0.1) is 17.6 Å². The van der Waals surface area contributed by atoms with E-state index in [1.165, 1.54) is 0 Å². The smallest absolute Gasteiger partial charge is 0.0847 e. The summed E-state index contributed by atoms with van der Waals surface area (Å²) >= 11 is 3.24. The van der Waals surface area contributed by atoms with Gasteiger partial charge in [0.2, 0.25) is 0 Å². The topological polar surface area (TPSA) is 25.8 Å². The Hall–Kier alpha value is -0.700. The van der Waals surface area contributed by atoms with Crippen LogP contribution in [0.5, 0.6) is 0 Å². The van der Waals surface area contributed by atoms with Crippen LogP contribution in [0.25, 0.3) is 5.57 Å². The maximum absolute atomic E-state index is 4.19. The van der Waals surface area contributed by atoms with Crippen molar-refractivity contribution in [2.24, 2.45) is 0 Å². The molecule has 0 spiro atoms. The third-order valence-corrected chi connectivity index (χ3v) is 2.04. The molecule has 0 fully saturated rings. The Kier molecular flexibility index (Phi) is 2.76. The van der Waals surface area contributed by atoms with E-state index in [0.29, 0.717) is 0 Å². The zero-order valence-electron chi connectivity index (χ0n) is 6.50. The van der Waals surface area contributed by atoms with Gasteiger partial charge in [-0.1, -0.05) is 15.9 Å². The highest BCUT2D eigenvalue weighted by Crippen LogP contribution is 2.10. The van der Waals surface area contributed by atoms with Crippen LogP contribution in [-0.2, 0) is 0 Å². The van der Waals surface area contributed by atoms with Crippen LogP contribution < -0.4 is 0 Å². The molecule has 2 nitrogen and oxygen atoms in total. The molecule has 0 unspecified atom stereocenters. The van der Waals surface area contributed by atoms with E-state index in [1.54, 1.807) is 12.4 Å². The number of allylic oxidation sites excluding steroid dienone is 1. The molecule has 1 aromatic rings. The van der Waals surface area contributed by atoms with Gasteiger partial charge in [-0.3, -0.25) is 9.97 Å². The first-order valence-corrected chi connectivity index (χ1v) is 4.21. The molecule has 1 aromatic heterocycles. The summed E-state index contributed by atoms with van der Waals surface area (Å²) in [7, 11) is 0. The van der Waals surface area contributed by atoms with E-state index in [0.717, 1.165) is 17.0 Å². The van der Waals surface area contributed by atoms with E-state index < -0.39 is 0 Å². The van der Waals surface area contributed by atoms with E-state index in [2.05, 4.69) is 25.9 Å². The van der Waals surface area contributed by atoms with E-state index in [1.807, 2.05) is 18.8 Å². The first-order valence-electron chi connectivity index (χ1n) is 3.30. The lowest BCUT2D eigenvalue weighted by molar-refractivity contribution is 1.09. The Morgan fingerprint density at radius 2 is 2.18 bits per heavy atom. The lowest BCUT2D eigenvalue weighted by atomic mass is 10.2. The summed E-state index contributed by atoms with van der Waals surface area (Å²) in [5, 5.41) is 0. The molecule has 1 rings (SSSR count). The lowest BCUT2D eigenvalue weighted by Crippen LogP contribution is -1.88. The standard InChI is InChI=1S/C8H9BrN2/c1-6(3-9)8-5-10-7(2)4-11-8/h3-5H,1-2H3. The summed E-state index contributed by atoms with van der Waals surface area (Å²) < 4.78 is 0. The van der Waals surface area contributed by atoms with E-state index in [9.17, 15) is 0 Å². The molecule has 1 heterocycles. The van der Waals surface area contributed by atoms with Gasteiger partial charge in [0, 0.05) is 6.20 Å². The van der Waals surface area contributed by atoms with Crippen LogP contribution in [0.4, 0.5) is 0 Å². The minimum Gasteiger partial charge on any atom is -0.258 e. The number of hydrogen-bond donors (Lipinski definition) is 0. The molecule has 0 N–H and O–H groups in total. The minimum absolute atomic E-state index is 0.910. The monoisotopic (exact) mass is 212 g/mol. The van der Waals surface area contributed by atoms with Crippen LogP contribution in [-0.4, -0.2) is 9.97 Å². The molecular weight excluding hydrogens is 204 g/mol. The molecular formula is C8H9BrN2. The quantitative estimate of drug-likeness (QED) is 0.716. The first kappa shape index (κ1) is 8.40. The molecule has 3 heteroatoms. The Morgan fingerprint density at radius 3 is 2.64 bits per heavy atom. The SMILES string of the molecule is CC(=CBr)c1cnc(C)cn1. The van der Waals surface area contributed by atoms with Gasteiger partial charge in [-0.25, -0.2) is 0 Å². The van der Waals surface area contributed by atoms with E-state index in [4.69, 9.17) is 0 Å². The highest BCUT2D eigenvalue weighted by molar-refractivity contribution is 9.11. The predicted octanol–water partition coefficient (Wildman–Crippen LogP) is 2.54. The van der Waals surface area contributed by atoms with Crippen molar-refractivity contribution >= 4 is 21.5 Å². The average Bonchev–Trinajstić information content (AvgIpc) is 2.05. The van der Waals surface area contributed by atoms with Crippen LogP contribution in [0.1, 0.15) is 18.3 Å². The molecule has 11 heavy (non-hydrogen) atoms. The number of rotatable bonds is 1. The summed E-state index contributed by atoms with van der Waals surface area (Å²) in [5.74, 6) is 0. The Balaban J connectivity index is 2.99. The predicted molar refractivity (Wildman–Crippen MR) is 49.3 cm³/mol. The number of aryl methyl sites for hydroxylation is 1. The van der Waals surface area contributed by atoms with Gasteiger partial charge < -0.3 is 0 Å². The van der Waals surface area contributed by atoms with Gasteiger partial charge in [-0.05, 0) is 24.4 Å². The van der Waals surface area contributed by atoms with Crippen LogP contribution in [0.2, 0.25) is 0 Å². The molecule has 0 atom stereocenters. The van der Waals surface area contributed by atoms with Crippen molar-refractivity contribution in [3.8, 4) is 0 Å². The first-order chi connectivity index (χ1) is 5.24. The van der Waals surface area contributed by atoms with Crippen molar-refractivity contribution in [1.29, 1.82) is 0 Å². The highest BCUT2D eigenvalue weighted by Gasteiger charge is 1.95. The zero-order chi connectivity index (χ0) is 8.27. The van der Waals surface area contributed by atoms with Gasteiger partial charge in [-0.2, -0.15) is 0 Å². The number of hydrogen-bond acceptors (Lipinski definition) is 2. The van der Waals surface area contributed by atoms with Crippen LogP contribution in [0.3, 0.4) is 0 Å².